The summed E-state index contributed by atoms with van der Waals surface area (Å²) in [6, 6.07) is 36.2. The van der Waals surface area contributed by atoms with Gasteiger partial charge in [0.05, 0.1) is 55.7 Å². The summed E-state index contributed by atoms with van der Waals surface area (Å²) in [7, 11) is 9.29. The number of rotatable bonds is 23. The molecule has 48 heteroatoms. The quantitative estimate of drug-likeness (QED) is 0.0102. The molecule has 6 rings (SSSR count). The van der Waals surface area contributed by atoms with E-state index in [0.29, 0.717) is 45.7 Å². The molecule has 4 N–H and O–H groups in total. The van der Waals surface area contributed by atoms with Crippen molar-refractivity contribution >= 4 is 398 Å². The SMILES string of the molecule is C.CC[B]O.CC[B]Oc1ccc(N)cc1.CC[B]Oc1ccc(S(=O)(=O)Cl)cc1.CC[B]Oc1ccc(S(=O)(=O)N(C)C)cc1.CC[B]Oc1ccc(S(=O)(=O)NC)cc1.CC[B]Oc1ccc([N+](=O)[O-])cc1.CI.CI.I.IC(I)I.ICI.II.I[I-]I.O=[N+]([O-])c1ccc(F)cc1.[I][V][I]. The van der Waals surface area contributed by atoms with Gasteiger partial charge in [-0.2, -0.15) is 0 Å². The second-order valence-electron chi connectivity index (χ2n) is 16.4. The summed E-state index contributed by atoms with van der Waals surface area (Å²) in [5.41, 5.74) is 6.22. The first kappa shape index (κ1) is 130. The Balaban J connectivity index is -0.000000120. The van der Waals surface area contributed by atoms with Crippen LogP contribution in [0.15, 0.2) is 160 Å². The average Bonchev–Trinajstić information content (AvgIpc) is 0.837. The summed E-state index contributed by atoms with van der Waals surface area (Å²) in [5, 5.41) is 28.0. The molecule has 0 saturated carbocycles. The van der Waals surface area contributed by atoms with Gasteiger partial charge in [-0.1, -0.05) is 213 Å². The van der Waals surface area contributed by atoms with Gasteiger partial charge in [0.25, 0.3) is 27.9 Å². The van der Waals surface area contributed by atoms with E-state index in [1.165, 1.54) is 76.4 Å². The van der Waals surface area contributed by atoms with E-state index in [1.807, 2.05) is 75.7 Å². The molecule has 0 fully saturated rings. The van der Waals surface area contributed by atoms with E-state index < -0.39 is 44.8 Å². The van der Waals surface area contributed by atoms with Crippen molar-refractivity contribution in [1.82, 2.24) is 9.03 Å². The number of nitrogens with one attached hydrogen (secondary N) is 1. The van der Waals surface area contributed by atoms with Crippen LogP contribution in [-0.2, 0) is 38.6 Å². The maximum absolute atomic E-state index is 12.1. The molecule has 0 amide bonds. The van der Waals surface area contributed by atoms with E-state index in [-0.39, 0.29) is 57.5 Å². The molecule has 0 aromatic heterocycles. The number of nitrogens with zero attached hydrogens (tertiary/aromatic N) is 3. The number of hydrogen-bond acceptors (Lipinski definition) is 17. The van der Waals surface area contributed by atoms with Crippen LogP contribution in [0, 0.1) is 26.0 Å². The topological polar surface area (TPSA) is 296 Å². The van der Waals surface area contributed by atoms with Crippen molar-refractivity contribution in [2.24, 2.45) is 0 Å². The number of benzene rings is 6. The van der Waals surface area contributed by atoms with E-state index in [0.717, 1.165) is 81.0 Å². The molecule has 104 heavy (non-hydrogen) atoms. The number of anilines is 1. The Morgan fingerprint density at radius 3 is 0.971 bits per heavy atom. The first-order valence-electron chi connectivity index (χ1n) is 28.0. The van der Waals surface area contributed by atoms with E-state index in [2.05, 4.69) is 277 Å². The molecular weight excluding hydrogens is 3170 g/mol. The van der Waals surface area contributed by atoms with Crippen LogP contribution in [0.4, 0.5) is 21.5 Å². The number of nitrogen functional groups attached to an aromatic ring is 1. The number of hydrogen-bond donors (Lipinski definition) is 3. The predicted molar refractivity (Wildman–Crippen MR) is 554 cm³/mol. The Morgan fingerprint density at radius 1 is 0.558 bits per heavy atom. The van der Waals surface area contributed by atoms with Crippen molar-refractivity contribution in [3.8, 4) is 28.7 Å². The Bertz CT molecular complexity index is 3240. The standard InChI is InChI=1S/C10H15BNO3S.C9H13BNO3S.C8H9BClO3S.C8H9BNO3.C8H11BNO.C6H4FNO2.C2H6BO.CHI3.CH2I2.2CH3I.CH4.I3.I2.3HI.V/c1-4-11-15-9-5-7-10(8-6-9)16(13,14)12(2)3;1-3-10-14-8-4-6-9(7-5-8)15(12,13)11-2;1-2-9-13-7-3-5-8(6-4-7)14(10,11)12;1-2-9-13-8-5-3-7(4-6-8)10(11)12;1-2-9-11-8-5-3-7(10)4-6-8;7-5-1-3-6(4-2-5)8(9)10;1-2-3-4;2-1(3)4;2-1-3;2*1-2;;1-3-2;1-2;;;;/h5-8H,4H2,1-3H3;4-7,11H,3H2,1-2H3;3-6H,2H2,1H3;3-6H,2H2,1H3;3-6H,2,10H2,1H3;1-4H;4H,2H2,1H3;1H;1H2;2*1H3;1H4;;;3*1H;/q;;;;;;;;;;;;-1;;;;;+2/p-2. The van der Waals surface area contributed by atoms with Gasteiger partial charge in [-0.25, -0.2) is 38.7 Å². The third-order valence-electron chi connectivity index (χ3n) is 9.19. The molecule has 6 radical (unpaired) electrons. The molecule has 0 aliphatic carbocycles. The Labute approximate surface area is 822 Å². The van der Waals surface area contributed by atoms with Gasteiger partial charge in [-0.15, -0.1) is 24.0 Å². The number of non-ortho nitro benzene ring substituents is 2. The maximum atomic E-state index is 12.1. The molecule has 6 aromatic carbocycles. The Kier molecular flexibility index (Phi) is 114. The number of nitro benzene ring substituents is 2. The Hall–Kier alpha value is 4.79. The van der Waals surface area contributed by atoms with Crippen LogP contribution in [0.1, 0.15) is 49.0 Å². The van der Waals surface area contributed by atoms with Crippen LogP contribution in [0.3, 0.4) is 0 Å². The molecule has 587 valence electrons. The number of nitrogens with two attached hydrogens (primary N) is 1. The molecule has 0 bridgehead atoms. The van der Waals surface area contributed by atoms with Crippen LogP contribution in [0.25, 0.3) is 0 Å². The van der Waals surface area contributed by atoms with Gasteiger partial charge in [0.1, 0.15) is 5.76 Å². The predicted octanol–water partition coefficient (Wildman–Crippen LogP) is 20.0. The summed E-state index contributed by atoms with van der Waals surface area (Å²) < 4.78 is 111. The molecule has 0 aliphatic rings. The first-order valence-corrected chi connectivity index (χ1v) is 72.2. The summed E-state index contributed by atoms with van der Waals surface area (Å²) in [4.78, 5) is 23.8. The minimum atomic E-state index is -3.63. The van der Waals surface area contributed by atoms with Crippen LogP contribution < -0.4 is 47.0 Å². The van der Waals surface area contributed by atoms with Crippen molar-refractivity contribution in [1.29, 1.82) is 0 Å². The van der Waals surface area contributed by atoms with Crippen LogP contribution in [0.2, 0.25) is 37.9 Å². The van der Waals surface area contributed by atoms with Gasteiger partial charge in [0.15, 0.2) is 0 Å². The van der Waals surface area contributed by atoms with Gasteiger partial charge in [-0.05, 0) is 170 Å². The molecule has 6 aromatic rings. The van der Waals surface area contributed by atoms with Gasteiger partial charge in [0.2, 0.25) is 20.0 Å². The first-order chi connectivity index (χ1) is 48.3. The molecule has 0 unspecified atom stereocenters. The van der Waals surface area contributed by atoms with Gasteiger partial charge < -0.3 is 34.0 Å². The number of halogens is 17. The summed E-state index contributed by atoms with van der Waals surface area (Å²) in [6.45, 7) is 11.7. The van der Waals surface area contributed by atoms with E-state index >= 15 is 0 Å². The number of alkyl halides is 7. The van der Waals surface area contributed by atoms with E-state index in [9.17, 15) is 49.9 Å². The third-order valence-corrected chi connectivity index (χ3v) is 13.8. The second-order valence-corrected chi connectivity index (χ2v) is 66.4. The van der Waals surface area contributed by atoms with Crippen molar-refractivity contribution in [2.45, 2.75) is 102 Å². The normalized spacial score (nSPS) is 9.16. The molecular formula is C56H81B6ClFI15N5O16S3V-. The van der Waals surface area contributed by atoms with E-state index in [4.69, 9.17) is 44.7 Å². The fourth-order valence-electron chi connectivity index (χ4n) is 5.05. The van der Waals surface area contributed by atoms with Gasteiger partial charge >= 0.3 is 137 Å². The Morgan fingerprint density at radius 2 is 0.769 bits per heavy atom. The average molecular weight is 3250 g/mol. The molecule has 21 nitrogen and oxygen atoms in total. The van der Waals surface area contributed by atoms with Crippen molar-refractivity contribution < 1.29 is 90.5 Å². The van der Waals surface area contributed by atoms with Crippen LogP contribution in [-0.4, -0.2) is 123 Å². The monoisotopic (exact) mass is 3250 g/mol. The van der Waals surface area contributed by atoms with Crippen LogP contribution >= 0.6 is 307 Å². The summed E-state index contributed by atoms with van der Waals surface area (Å²) >= 11 is 30.1. The molecule has 0 atom stereocenters. The van der Waals surface area contributed by atoms with Gasteiger partial charge in [0, 0.05) is 92.0 Å². The minimum absolute atomic E-state index is 0. The molecule has 0 heterocycles. The number of nitro groups is 2. The zero-order valence-electron chi connectivity index (χ0n) is 57.0. The molecule has 0 saturated heterocycles. The fraction of sp³-hybridized carbons (Fsp3) is 0.357. The third kappa shape index (κ3) is 81.9. The zero-order valence-corrected chi connectivity index (χ0v) is 94.1. The van der Waals surface area contributed by atoms with E-state index in [1.54, 1.807) is 85.9 Å². The summed E-state index contributed by atoms with van der Waals surface area (Å²) in [6.07, 6.45) is 4.85. The van der Waals surface area contributed by atoms with Crippen LogP contribution in [0.5, 0.6) is 28.7 Å². The van der Waals surface area contributed by atoms with Gasteiger partial charge in [-0.3, -0.25) is 20.2 Å². The van der Waals surface area contributed by atoms with Crippen molar-refractivity contribution in [2.75, 3.05) is 39.2 Å². The molecule has 0 spiro atoms. The fourth-order valence-corrected chi connectivity index (χ4v) is 7.45. The zero-order chi connectivity index (χ0) is 80.6. The van der Waals surface area contributed by atoms with Crippen molar-refractivity contribution in [3.63, 3.8) is 0 Å². The summed E-state index contributed by atoms with van der Waals surface area (Å²) in [5.74, 6) is 2.85. The molecule has 0 aliphatic heterocycles. The second kappa shape index (κ2) is 91.7. The van der Waals surface area contributed by atoms with Crippen molar-refractivity contribution in [3.05, 3.63) is 172 Å². The number of sulfonamides is 2.